The Hall–Kier alpha value is -2.51. The third-order valence-corrected chi connectivity index (χ3v) is 4.05. The number of urea groups is 1. The number of carbonyl (C=O) groups is 2. The highest BCUT2D eigenvalue weighted by molar-refractivity contribution is 6.23. The molecule has 0 aromatic carbocycles. The topological polar surface area (TPSA) is 71.6 Å². The number of rotatable bonds is 3. The molecule has 1 fully saturated rings. The van der Waals surface area contributed by atoms with Crippen LogP contribution in [0.4, 0.5) is 4.79 Å². The van der Waals surface area contributed by atoms with Crippen LogP contribution in [0.25, 0.3) is 0 Å². The first-order valence-corrected chi connectivity index (χ1v) is 7.62. The predicted molar refractivity (Wildman–Crippen MR) is 86.5 cm³/mol. The molecular weight excluding hydrogens is 296 g/mol. The molecule has 0 N–H and O–H groups in total. The summed E-state index contributed by atoms with van der Waals surface area (Å²) in [5.74, 6) is 0.843. The molecular formula is C15H21N6O2+. The lowest BCUT2D eigenvalue weighted by atomic mass is 10.1. The average molecular weight is 317 g/mol. The van der Waals surface area contributed by atoms with Crippen molar-refractivity contribution in [3.8, 4) is 0 Å². The van der Waals surface area contributed by atoms with Crippen molar-refractivity contribution >= 4 is 29.4 Å². The van der Waals surface area contributed by atoms with Crippen LogP contribution in [0.5, 0.6) is 0 Å². The smallest absolute Gasteiger partial charge is 0.270 e. The van der Waals surface area contributed by atoms with Crippen molar-refractivity contribution in [1.82, 2.24) is 14.8 Å². The second-order valence-corrected chi connectivity index (χ2v) is 6.07. The molecule has 3 rings (SSSR count). The summed E-state index contributed by atoms with van der Waals surface area (Å²) in [6.07, 6.45) is 0. The van der Waals surface area contributed by atoms with E-state index >= 15 is 0 Å². The zero-order valence-electron chi connectivity index (χ0n) is 13.9. The number of hydrogen-bond donors (Lipinski definition) is 0. The third-order valence-electron chi connectivity index (χ3n) is 4.05. The number of imide groups is 1. The Morgan fingerprint density at radius 3 is 2.74 bits per heavy atom. The maximum atomic E-state index is 12.8. The Bertz CT molecular complexity index is 705. The number of amidine groups is 1. The molecule has 0 aromatic heterocycles. The molecule has 1 atom stereocenters. The molecule has 3 amide bonds. The van der Waals surface area contributed by atoms with Crippen molar-refractivity contribution in [1.29, 1.82) is 0 Å². The summed E-state index contributed by atoms with van der Waals surface area (Å²) in [6, 6.07) is -0.900. The summed E-state index contributed by atoms with van der Waals surface area (Å²) in [6.45, 7) is 10.9. The van der Waals surface area contributed by atoms with E-state index in [1.165, 1.54) is 9.80 Å². The standard InChI is InChI=1S/C15H21N6O2/c1-6-19-13(22)11-12(18(5)15(19)23)16-14-20(11)8-10(4)17-21(14)7-9(2)3/h11H,2,6-8H2,1,3-5H3/q+1. The summed E-state index contributed by atoms with van der Waals surface area (Å²) in [4.78, 5) is 32.3. The number of nitrogens with zero attached hydrogens (tertiary/aromatic N) is 6. The van der Waals surface area contributed by atoms with Gasteiger partial charge in [0.05, 0.1) is 5.71 Å². The van der Waals surface area contributed by atoms with E-state index in [-0.39, 0.29) is 11.9 Å². The van der Waals surface area contributed by atoms with Gasteiger partial charge in [0.2, 0.25) is 11.9 Å². The van der Waals surface area contributed by atoms with E-state index in [1.807, 2.05) is 18.4 Å². The van der Waals surface area contributed by atoms with Gasteiger partial charge in [-0.05, 0) is 26.3 Å². The molecule has 0 bridgehead atoms. The molecule has 0 aliphatic carbocycles. The highest BCUT2D eigenvalue weighted by Gasteiger charge is 2.54. The van der Waals surface area contributed by atoms with Gasteiger partial charge < -0.3 is 0 Å². The van der Waals surface area contributed by atoms with Gasteiger partial charge in [0.1, 0.15) is 13.1 Å². The minimum Gasteiger partial charge on any atom is -0.270 e. The number of aliphatic imine (C=N–C) groups is 1. The summed E-state index contributed by atoms with van der Waals surface area (Å²) >= 11 is 0. The second-order valence-electron chi connectivity index (χ2n) is 6.07. The number of hydrazone groups is 1. The molecule has 8 nitrogen and oxygen atoms in total. The SMILES string of the molecule is C=C(C)CN1N=C(C)C[N+]2=C1N=C1C2C(=O)N(CC)C(=O)N1C. The quantitative estimate of drug-likeness (QED) is 0.556. The largest absolute Gasteiger partial charge is 0.417 e. The Morgan fingerprint density at radius 1 is 1.43 bits per heavy atom. The van der Waals surface area contributed by atoms with Gasteiger partial charge in [-0.3, -0.25) is 14.6 Å². The molecule has 0 radical (unpaired) electrons. The van der Waals surface area contributed by atoms with E-state index in [1.54, 1.807) is 19.0 Å². The van der Waals surface area contributed by atoms with Crippen LogP contribution in [-0.4, -0.2) is 81.6 Å². The van der Waals surface area contributed by atoms with E-state index in [9.17, 15) is 9.59 Å². The van der Waals surface area contributed by atoms with Crippen molar-refractivity contribution in [2.45, 2.75) is 26.8 Å². The van der Waals surface area contributed by atoms with Crippen LogP contribution >= 0.6 is 0 Å². The van der Waals surface area contributed by atoms with Crippen LogP contribution in [0.2, 0.25) is 0 Å². The number of guanidine groups is 1. The predicted octanol–water partition coefficient (Wildman–Crippen LogP) is 0.317. The normalized spacial score (nSPS) is 23.8. The highest BCUT2D eigenvalue weighted by atomic mass is 16.2. The monoisotopic (exact) mass is 317 g/mol. The van der Waals surface area contributed by atoms with Crippen molar-refractivity contribution in [2.75, 3.05) is 26.7 Å². The fourth-order valence-corrected chi connectivity index (χ4v) is 3.06. The average Bonchev–Trinajstić information content (AvgIpc) is 2.84. The number of amides is 3. The van der Waals surface area contributed by atoms with Crippen molar-refractivity contribution < 1.29 is 14.2 Å². The first-order valence-electron chi connectivity index (χ1n) is 7.62. The number of carbonyl (C=O) groups excluding carboxylic acids is 2. The van der Waals surface area contributed by atoms with E-state index in [0.717, 1.165) is 11.3 Å². The van der Waals surface area contributed by atoms with Gasteiger partial charge in [-0.2, -0.15) is 0 Å². The molecule has 0 spiro atoms. The minimum atomic E-state index is -0.564. The van der Waals surface area contributed by atoms with Crippen LogP contribution < -0.4 is 0 Å². The van der Waals surface area contributed by atoms with Crippen LogP contribution in [0.3, 0.4) is 0 Å². The fourth-order valence-electron chi connectivity index (χ4n) is 3.06. The first-order chi connectivity index (χ1) is 10.8. The lowest BCUT2D eigenvalue weighted by molar-refractivity contribution is -0.527. The highest BCUT2D eigenvalue weighted by Crippen LogP contribution is 2.23. The lowest BCUT2D eigenvalue weighted by Gasteiger charge is -2.33. The first kappa shape index (κ1) is 15.4. The zero-order valence-corrected chi connectivity index (χ0v) is 13.9. The van der Waals surface area contributed by atoms with Gasteiger partial charge in [-0.25, -0.2) is 9.37 Å². The maximum absolute atomic E-state index is 12.8. The third kappa shape index (κ3) is 2.25. The Labute approximate surface area is 135 Å². The summed E-state index contributed by atoms with van der Waals surface area (Å²) in [7, 11) is 1.65. The molecule has 1 unspecified atom stereocenters. The Morgan fingerprint density at radius 2 is 2.13 bits per heavy atom. The number of fused-ring (bicyclic) bond motifs is 2. The molecule has 0 aromatic rings. The lowest BCUT2D eigenvalue weighted by Crippen LogP contribution is -2.63. The summed E-state index contributed by atoms with van der Waals surface area (Å²) < 4.78 is 1.91. The maximum Gasteiger partial charge on any atom is 0.417 e. The van der Waals surface area contributed by atoms with Crippen molar-refractivity contribution in [3.05, 3.63) is 12.2 Å². The second kappa shape index (κ2) is 5.29. The molecule has 122 valence electrons. The molecule has 8 heteroatoms. The molecule has 23 heavy (non-hydrogen) atoms. The van der Waals surface area contributed by atoms with E-state index in [0.29, 0.717) is 31.4 Å². The van der Waals surface area contributed by atoms with Crippen LogP contribution in [0, 0.1) is 0 Å². The molecule has 0 saturated carbocycles. The fraction of sp³-hybridized carbons (Fsp3) is 0.533. The molecule has 1 saturated heterocycles. The molecule has 3 heterocycles. The van der Waals surface area contributed by atoms with Crippen molar-refractivity contribution in [3.63, 3.8) is 0 Å². The van der Waals surface area contributed by atoms with E-state index in [4.69, 9.17) is 0 Å². The van der Waals surface area contributed by atoms with Gasteiger partial charge in [0, 0.05) is 13.6 Å². The van der Waals surface area contributed by atoms with Gasteiger partial charge in [0.15, 0.2) is 0 Å². The minimum absolute atomic E-state index is 0.227. The summed E-state index contributed by atoms with van der Waals surface area (Å²) in [5, 5.41) is 6.25. The summed E-state index contributed by atoms with van der Waals surface area (Å²) in [5.41, 5.74) is 1.83. The van der Waals surface area contributed by atoms with Gasteiger partial charge in [0.25, 0.3) is 5.91 Å². The van der Waals surface area contributed by atoms with E-state index < -0.39 is 6.04 Å². The van der Waals surface area contributed by atoms with Crippen LogP contribution in [-0.2, 0) is 4.79 Å². The van der Waals surface area contributed by atoms with Crippen molar-refractivity contribution in [2.24, 2.45) is 10.1 Å². The Kier molecular flexibility index (Phi) is 3.54. The number of hydrogen-bond acceptors (Lipinski definition) is 5. The van der Waals surface area contributed by atoms with Gasteiger partial charge in [-0.1, -0.05) is 11.6 Å². The zero-order chi connectivity index (χ0) is 16.9. The van der Waals surface area contributed by atoms with Gasteiger partial charge >= 0.3 is 12.0 Å². The van der Waals surface area contributed by atoms with Gasteiger partial charge in [-0.15, -0.1) is 10.1 Å². The molecule has 3 aliphatic heterocycles. The van der Waals surface area contributed by atoms with Crippen LogP contribution in [0.15, 0.2) is 22.2 Å². The number of likely N-dealkylation sites (N-methyl/N-ethyl adjacent to an activating group) is 2. The van der Waals surface area contributed by atoms with Crippen LogP contribution in [0.1, 0.15) is 20.8 Å². The molecule has 3 aliphatic rings. The van der Waals surface area contributed by atoms with E-state index in [2.05, 4.69) is 16.7 Å². The Balaban J connectivity index is 2.04.